The van der Waals surface area contributed by atoms with E-state index in [-0.39, 0.29) is 0 Å². The van der Waals surface area contributed by atoms with Gasteiger partial charge >= 0.3 is 0 Å². The maximum Gasteiger partial charge on any atom is 0.169 e. The molecule has 1 aliphatic heterocycles. The number of piperazine rings is 1. The van der Waals surface area contributed by atoms with Gasteiger partial charge in [-0.2, -0.15) is 0 Å². The van der Waals surface area contributed by atoms with E-state index in [1.165, 1.54) is 10.6 Å². The highest BCUT2D eigenvalue weighted by Crippen LogP contribution is 2.28. The van der Waals surface area contributed by atoms with Crippen LogP contribution in [0.15, 0.2) is 59.5 Å². The lowest BCUT2D eigenvalue weighted by Crippen LogP contribution is -2.52. The molecule has 144 valence electrons. The van der Waals surface area contributed by atoms with Crippen molar-refractivity contribution in [2.75, 3.05) is 50.0 Å². The quantitative estimate of drug-likeness (QED) is 0.430. The number of hydrogen-bond acceptors (Lipinski definition) is 4. The number of hydrogen-bond donors (Lipinski definition) is 1. The summed E-state index contributed by atoms with van der Waals surface area (Å²) in [6.45, 7) is 7.35. The van der Waals surface area contributed by atoms with Crippen molar-refractivity contribution in [2.45, 2.75) is 11.8 Å². The van der Waals surface area contributed by atoms with Crippen molar-refractivity contribution >= 4 is 34.8 Å². The van der Waals surface area contributed by atoms with Gasteiger partial charge in [-0.25, -0.2) is 0 Å². The molecule has 1 N–H and O–H groups in total. The summed E-state index contributed by atoms with van der Waals surface area (Å²) in [6, 6.07) is 18.7. The van der Waals surface area contributed by atoms with Crippen LogP contribution in [-0.2, 0) is 0 Å². The molecular formula is C21H27N3OS2. The van der Waals surface area contributed by atoms with Crippen molar-refractivity contribution in [1.29, 1.82) is 0 Å². The highest BCUT2D eigenvalue weighted by atomic mass is 32.2. The summed E-state index contributed by atoms with van der Waals surface area (Å²) in [7, 11) is 0. The third-order valence-corrected chi connectivity index (χ3v) is 5.88. The molecule has 0 unspecified atom stereocenters. The molecule has 0 amide bonds. The minimum atomic E-state index is 0.686. The number of thioether (sulfide) groups is 1. The number of anilines is 1. The average molecular weight is 402 g/mol. The van der Waals surface area contributed by atoms with Gasteiger partial charge in [0.2, 0.25) is 0 Å². The van der Waals surface area contributed by atoms with Crippen LogP contribution in [0.1, 0.15) is 6.92 Å². The number of nitrogens with one attached hydrogen (secondary N) is 1. The minimum absolute atomic E-state index is 0.686. The van der Waals surface area contributed by atoms with E-state index in [0.29, 0.717) is 6.61 Å². The second-order valence-electron chi connectivity index (χ2n) is 6.27. The third kappa shape index (κ3) is 5.78. The van der Waals surface area contributed by atoms with Crippen LogP contribution in [0, 0.1) is 0 Å². The maximum atomic E-state index is 5.77. The molecule has 0 aromatic heterocycles. The van der Waals surface area contributed by atoms with E-state index in [0.717, 1.165) is 49.3 Å². The zero-order chi connectivity index (χ0) is 18.9. The number of nitrogens with zero attached hydrogens (tertiary/aromatic N) is 2. The fraction of sp³-hybridized carbons (Fsp3) is 0.381. The van der Waals surface area contributed by atoms with Gasteiger partial charge in [0.05, 0.1) is 12.3 Å². The van der Waals surface area contributed by atoms with E-state index >= 15 is 0 Å². The third-order valence-electron chi connectivity index (χ3n) is 4.46. The van der Waals surface area contributed by atoms with Crippen LogP contribution >= 0.6 is 24.0 Å². The molecule has 0 radical (unpaired) electrons. The molecule has 2 aromatic carbocycles. The molecule has 27 heavy (non-hydrogen) atoms. The molecule has 0 aliphatic carbocycles. The largest absolute Gasteiger partial charge is 0.492 e. The van der Waals surface area contributed by atoms with Gasteiger partial charge in [-0.1, -0.05) is 30.3 Å². The van der Waals surface area contributed by atoms with Gasteiger partial charge in [0.1, 0.15) is 5.75 Å². The van der Waals surface area contributed by atoms with Gasteiger partial charge in [0.25, 0.3) is 0 Å². The summed E-state index contributed by atoms with van der Waals surface area (Å²) in [5.74, 6) is 1.97. The Kier molecular flexibility index (Phi) is 7.66. The van der Waals surface area contributed by atoms with E-state index < -0.39 is 0 Å². The summed E-state index contributed by atoms with van der Waals surface area (Å²) in [4.78, 5) is 5.95. The van der Waals surface area contributed by atoms with Gasteiger partial charge in [0, 0.05) is 43.4 Å². The molecule has 2 aromatic rings. The number of thiocarbonyl (C=S) groups is 1. The monoisotopic (exact) mass is 401 g/mol. The van der Waals surface area contributed by atoms with Crippen LogP contribution in [0.2, 0.25) is 0 Å². The topological polar surface area (TPSA) is 27.7 Å². The number of para-hydroxylation sites is 2. The predicted molar refractivity (Wildman–Crippen MR) is 119 cm³/mol. The average Bonchev–Trinajstić information content (AvgIpc) is 2.73. The molecule has 0 atom stereocenters. The Morgan fingerprint density at radius 3 is 2.48 bits per heavy atom. The molecular weight excluding hydrogens is 374 g/mol. The Bertz CT molecular complexity index is 718. The van der Waals surface area contributed by atoms with E-state index in [1.807, 2.05) is 36.9 Å². The lowest BCUT2D eigenvalue weighted by atomic mass is 10.2. The molecule has 0 bridgehead atoms. The second kappa shape index (κ2) is 10.4. The molecule has 1 heterocycles. The number of rotatable bonds is 7. The zero-order valence-electron chi connectivity index (χ0n) is 15.8. The molecule has 1 aliphatic rings. The van der Waals surface area contributed by atoms with E-state index in [1.54, 1.807) is 0 Å². The minimum Gasteiger partial charge on any atom is -0.492 e. The summed E-state index contributed by atoms with van der Waals surface area (Å²) >= 11 is 7.44. The highest BCUT2D eigenvalue weighted by molar-refractivity contribution is 7.99. The standard InChI is InChI=1S/C21H27N3OS2/c1-2-25-20-11-7-6-10-19(20)23-13-15-24(16-14-23)21(26)22-12-17-27-18-8-4-3-5-9-18/h3-11H,2,12-17H2,1H3,(H,22,26). The first kappa shape index (κ1) is 19.8. The molecule has 6 heteroatoms. The lowest BCUT2D eigenvalue weighted by Gasteiger charge is -2.38. The highest BCUT2D eigenvalue weighted by Gasteiger charge is 2.21. The molecule has 1 saturated heterocycles. The molecule has 4 nitrogen and oxygen atoms in total. The van der Waals surface area contributed by atoms with Crippen LogP contribution in [0.3, 0.4) is 0 Å². The van der Waals surface area contributed by atoms with Crippen LogP contribution in [0.25, 0.3) is 0 Å². The Balaban J connectivity index is 1.41. The number of ether oxygens (including phenoxy) is 1. The van der Waals surface area contributed by atoms with Crippen molar-refractivity contribution < 1.29 is 4.74 Å². The van der Waals surface area contributed by atoms with Crippen LogP contribution in [0.5, 0.6) is 5.75 Å². The summed E-state index contributed by atoms with van der Waals surface area (Å²) < 4.78 is 5.77. The van der Waals surface area contributed by atoms with Crippen molar-refractivity contribution in [3.63, 3.8) is 0 Å². The maximum absolute atomic E-state index is 5.77. The first-order valence-corrected chi connectivity index (χ1v) is 10.8. The van der Waals surface area contributed by atoms with Gasteiger partial charge in [-0.05, 0) is 43.4 Å². The van der Waals surface area contributed by atoms with E-state index in [2.05, 4.69) is 51.5 Å². The molecule has 3 rings (SSSR count). The smallest absolute Gasteiger partial charge is 0.169 e. The Morgan fingerprint density at radius 2 is 1.74 bits per heavy atom. The Hall–Kier alpha value is -1.92. The molecule has 1 fully saturated rings. The van der Waals surface area contributed by atoms with E-state index in [9.17, 15) is 0 Å². The first-order valence-electron chi connectivity index (χ1n) is 9.45. The first-order chi connectivity index (χ1) is 13.3. The fourth-order valence-electron chi connectivity index (χ4n) is 3.10. The zero-order valence-corrected chi connectivity index (χ0v) is 17.4. The summed E-state index contributed by atoms with van der Waals surface area (Å²) in [5, 5.41) is 4.26. The van der Waals surface area contributed by atoms with E-state index in [4.69, 9.17) is 17.0 Å². The van der Waals surface area contributed by atoms with Gasteiger partial charge in [-0.15, -0.1) is 11.8 Å². The van der Waals surface area contributed by atoms with Gasteiger partial charge in [0.15, 0.2) is 5.11 Å². The van der Waals surface area contributed by atoms with Crippen LogP contribution in [-0.4, -0.2) is 55.1 Å². The van der Waals surface area contributed by atoms with Crippen LogP contribution in [0.4, 0.5) is 5.69 Å². The van der Waals surface area contributed by atoms with Crippen molar-refractivity contribution in [3.05, 3.63) is 54.6 Å². The SMILES string of the molecule is CCOc1ccccc1N1CCN(C(=S)NCCSc2ccccc2)CC1. The summed E-state index contributed by atoms with van der Waals surface area (Å²) in [5.41, 5.74) is 1.18. The van der Waals surface area contributed by atoms with Crippen LogP contribution < -0.4 is 15.0 Å². The van der Waals surface area contributed by atoms with Gasteiger partial charge in [-0.3, -0.25) is 0 Å². The second-order valence-corrected chi connectivity index (χ2v) is 7.82. The predicted octanol–water partition coefficient (Wildman–Crippen LogP) is 3.87. The van der Waals surface area contributed by atoms with Crippen molar-refractivity contribution in [3.8, 4) is 5.75 Å². The normalized spacial score (nSPS) is 14.1. The fourth-order valence-corrected chi connectivity index (χ4v) is 4.18. The Labute approximate surface area is 171 Å². The van der Waals surface area contributed by atoms with Crippen molar-refractivity contribution in [2.24, 2.45) is 0 Å². The van der Waals surface area contributed by atoms with Crippen molar-refractivity contribution in [1.82, 2.24) is 10.2 Å². The molecule has 0 spiro atoms. The Morgan fingerprint density at radius 1 is 1.04 bits per heavy atom. The van der Waals surface area contributed by atoms with Gasteiger partial charge < -0.3 is 19.9 Å². The molecule has 0 saturated carbocycles. The lowest BCUT2D eigenvalue weighted by molar-refractivity contribution is 0.336. The summed E-state index contributed by atoms with van der Waals surface area (Å²) in [6.07, 6.45) is 0. The number of benzene rings is 2.